The first-order chi connectivity index (χ1) is 12.7. The van der Waals surface area contributed by atoms with Crippen molar-refractivity contribution in [2.45, 2.75) is 18.2 Å². The first-order valence-corrected chi connectivity index (χ1v) is 9.90. The van der Waals surface area contributed by atoms with Gasteiger partial charge in [-0.3, -0.25) is 4.79 Å². The number of hydrogen-bond donors (Lipinski definition) is 2. The highest BCUT2D eigenvalue weighted by Crippen LogP contribution is 2.25. The topological polar surface area (TPSA) is 93.7 Å². The number of anilines is 1. The van der Waals surface area contributed by atoms with E-state index in [1.165, 1.54) is 25.1 Å². The third kappa shape index (κ3) is 5.85. The number of hydrogen-bond acceptors (Lipinski definition) is 5. The van der Waals surface area contributed by atoms with E-state index in [2.05, 4.69) is 10.0 Å². The van der Waals surface area contributed by atoms with Gasteiger partial charge >= 0.3 is 0 Å². The minimum absolute atomic E-state index is 0.0184. The standard InChI is InChI=1S/C18H21ClN2O5S/c1-12(22)21-18-5-4-16(11-17(18)19)27(23,24)20-7-6-13-8-14(25-2)10-15(9-13)26-3/h4-5,8-11,20H,6-7H2,1-3H3,(H,21,22). The van der Waals surface area contributed by atoms with Gasteiger partial charge in [-0.25, -0.2) is 13.1 Å². The fourth-order valence-electron chi connectivity index (χ4n) is 2.38. The van der Waals surface area contributed by atoms with E-state index in [-0.39, 0.29) is 22.4 Å². The summed E-state index contributed by atoms with van der Waals surface area (Å²) in [6.07, 6.45) is 0.449. The zero-order valence-electron chi connectivity index (χ0n) is 15.2. The number of benzene rings is 2. The molecule has 0 saturated heterocycles. The van der Waals surface area contributed by atoms with E-state index >= 15 is 0 Å². The summed E-state index contributed by atoms with van der Waals surface area (Å²) >= 11 is 6.04. The van der Waals surface area contributed by atoms with Crippen molar-refractivity contribution in [3.63, 3.8) is 0 Å². The van der Waals surface area contributed by atoms with Crippen LogP contribution in [0.4, 0.5) is 5.69 Å². The molecule has 0 radical (unpaired) electrons. The van der Waals surface area contributed by atoms with Gasteiger partial charge in [0.2, 0.25) is 15.9 Å². The van der Waals surface area contributed by atoms with Gasteiger partial charge in [0, 0.05) is 19.5 Å². The Labute approximate surface area is 163 Å². The number of rotatable bonds is 8. The molecule has 1 amide bonds. The summed E-state index contributed by atoms with van der Waals surface area (Å²) in [7, 11) is -0.637. The highest BCUT2D eigenvalue weighted by molar-refractivity contribution is 7.89. The predicted molar refractivity (Wildman–Crippen MR) is 104 cm³/mol. The highest BCUT2D eigenvalue weighted by Gasteiger charge is 2.16. The highest BCUT2D eigenvalue weighted by atomic mass is 35.5. The molecule has 2 rings (SSSR count). The number of methoxy groups -OCH3 is 2. The summed E-state index contributed by atoms with van der Waals surface area (Å²) in [5, 5.41) is 2.67. The van der Waals surface area contributed by atoms with Gasteiger partial charge in [-0.15, -0.1) is 0 Å². The van der Waals surface area contributed by atoms with Crippen LogP contribution in [-0.2, 0) is 21.2 Å². The second kappa shape index (κ2) is 9.07. The lowest BCUT2D eigenvalue weighted by Gasteiger charge is -2.11. The van der Waals surface area contributed by atoms with E-state index in [9.17, 15) is 13.2 Å². The fourth-order valence-corrected chi connectivity index (χ4v) is 3.73. The second-order valence-electron chi connectivity index (χ2n) is 5.69. The number of sulfonamides is 1. The molecule has 0 aliphatic carbocycles. The van der Waals surface area contributed by atoms with Crippen LogP contribution in [0.1, 0.15) is 12.5 Å². The zero-order valence-corrected chi connectivity index (χ0v) is 16.8. The lowest BCUT2D eigenvalue weighted by atomic mass is 10.1. The monoisotopic (exact) mass is 412 g/mol. The average Bonchev–Trinajstić information content (AvgIpc) is 2.62. The number of ether oxygens (including phenoxy) is 2. The van der Waals surface area contributed by atoms with Gasteiger partial charge in [-0.1, -0.05) is 11.6 Å². The summed E-state index contributed by atoms with van der Waals surface area (Å²) in [6, 6.07) is 9.50. The molecular weight excluding hydrogens is 392 g/mol. The second-order valence-corrected chi connectivity index (χ2v) is 7.87. The van der Waals surface area contributed by atoms with Crippen LogP contribution in [0.2, 0.25) is 5.02 Å². The zero-order chi connectivity index (χ0) is 20.0. The molecule has 0 fully saturated rings. The number of carbonyl (C=O) groups excluding carboxylic acids is 1. The Kier molecular flexibility index (Phi) is 7.06. The Morgan fingerprint density at radius 3 is 2.22 bits per heavy atom. The molecule has 9 heteroatoms. The maximum atomic E-state index is 12.4. The molecule has 0 aliphatic heterocycles. The molecule has 0 aliphatic rings. The van der Waals surface area contributed by atoms with Crippen LogP contribution >= 0.6 is 11.6 Å². The molecule has 0 atom stereocenters. The SMILES string of the molecule is COc1cc(CCNS(=O)(=O)c2ccc(NC(C)=O)c(Cl)c2)cc(OC)c1. The summed E-state index contributed by atoms with van der Waals surface area (Å²) in [5.41, 5.74) is 1.22. The molecule has 0 saturated carbocycles. The van der Waals surface area contributed by atoms with Crippen molar-refractivity contribution in [2.75, 3.05) is 26.1 Å². The Balaban J connectivity index is 2.07. The van der Waals surface area contributed by atoms with E-state index in [4.69, 9.17) is 21.1 Å². The molecule has 2 aromatic carbocycles. The van der Waals surface area contributed by atoms with E-state index in [0.717, 1.165) is 5.56 Å². The van der Waals surface area contributed by atoms with Crippen LogP contribution in [0.3, 0.4) is 0 Å². The smallest absolute Gasteiger partial charge is 0.240 e. The van der Waals surface area contributed by atoms with Gasteiger partial charge < -0.3 is 14.8 Å². The van der Waals surface area contributed by atoms with Gasteiger partial charge in [0.05, 0.1) is 29.8 Å². The minimum Gasteiger partial charge on any atom is -0.497 e. The largest absolute Gasteiger partial charge is 0.497 e. The summed E-state index contributed by atoms with van der Waals surface area (Å²) in [5.74, 6) is 0.972. The summed E-state index contributed by atoms with van der Waals surface area (Å²) < 4.78 is 37.8. The normalized spacial score (nSPS) is 11.1. The van der Waals surface area contributed by atoms with E-state index in [0.29, 0.717) is 23.6 Å². The summed E-state index contributed by atoms with van der Waals surface area (Å²) in [4.78, 5) is 11.1. The van der Waals surface area contributed by atoms with Crippen LogP contribution in [0.5, 0.6) is 11.5 Å². The quantitative estimate of drug-likeness (QED) is 0.695. The van der Waals surface area contributed by atoms with Gasteiger partial charge in [0.25, 0.3) is 0 Å². The molecule has 2 aromatic rings. The van der Waals surface area contributed by atoms with Crippen molar-refractivity contribution in [2.24, 2.45) is 0 Å². The number of nitrogens with one attached hydrogen (secondary N) is 2. The molecule has 0 heterocycles. The van der Waals surface area contributed by atoms with Crippen molar-refractivity contribution in [1.82, 2.24) is 4.72 Å². The first kappa shape index (κ1) is 21.0. The van der Waals surface area contributed by atoms with E-state index in [1.807, 2.05) is 12.1 Å². The Morgan fingerprint density at radius 1 is 1.07 bits per heavy atom. The molecule has 2 N–H and O–H groups in total. The third-order valence-electron chi connectivity index (χ3n) is 3.68. The van der Waals surface area contributed by atoms with Crippen molar-refractivity contribution < 1.29 is 22.7 Å². The maximum absolute atomic E-state index is 12.4. The van der Waals surface area contributed by atoms with Crippen LogP contribution in [-0.4, -0.2) is 35.1 Å². The van der Waals surface area contributed by atoms with Gasteiger partial charge in [0.1, 0.15) is 11.5 Å². The molecule has 7 nitrogen and oxygen atoms in total. The van der Waals surface area contributed by atoms with Crippen LogP contribution < -0.4 is 19.5 Å². The van der Waals surface area contributed by atoms with Crippen LogP contribution in [0.25, 0.3) is 0 Å². The Hall–Kier alpha value is -2.29. The van der Waals surface area contributed by atoms with Gasteiger partial charge in [-0.2, -0.15) is 0 Å². The molecule has 0 spiro atoms. The predicted octanol–water partition coefficient (Wildman–Crippen LogP) is 2.84. The van der Waals surface area contributed by atoms with Crippen molar-refractivity contribution in [3.05, 3.63) is 47.0 Å². The Bertz CT molecular complexity index is 909. The van der Waals surface area contributed by atoms with Crippen LogP contribution in [0, 0.1) is 0 Å². The molecule has 27 heavy (non-hydrogen) atoms. The van der Waals surface area contributed by atoms with Crippen molar-refractivity contribution in [3.8, 4) is 11.5 Å². The number of halogens is 1. The Morgan fingerprint density at radius 2 is 1.70 bits per heavy atom. The van der Waals surface area contributed by atoms with Crippen LogP contribution in [0.15, 0.2) is 41.3 Å². The van der Waals surface area contributed by atoms with Crippen molar-refractivity contribution in [1.29, 1.82) is 0 Å². The third-order valence-corrected chi connectivity index (χ3v) is 5.45. The lowest BCUT2D eigenvalue weighted by molar-refractivity contribution is -0.114. The molecule has 0 aromatic heterocycles. The van der Waals surface area contributed by atoms with Crippen molar-refractivity contribution >= 4 is 33.2 Å². The molecule has 0 unspecified atom stereocenters. The minimum atomic E-state index is -3.74. The average molecular weight is 413 g/mol. The molecule has 146 valence electrons. The maximum Gasteiger partial charge on any atom is 0.240 e. The van der Waals surface area contributed by atoms with E-state index < -0.39 is 10.0 Å². The molecular formula is C18H21ClN2O5S. The fraction of sp³-hybridized carbons (Fsp3) is 0.278. The van der Waals surface area contributed by atoms with Gasteiger partial charge in [-0.05, 0) is 42.3 Å². The lowest BCUT2D eigenvalue weighted by Crippen LogP contribution is -2.26. The van der Waals surface area contributed by atoms with E-state index in [1.54, 1.807) is 20.3 Å². The number of carbonyl (C=O) groups is 1. The number of amides is 1. The van der Waals surface area contributed by atoms with Gasteiger partial charge in [0.15, 0.2) is 0 Å². The molecule has 0 bridgehead atoms. The summed E-state index contributed by atoms with van der Waals surface area (Å²) in [6.45, 7) is 1.53. The first-order valence-electron chi connectivity index (χ1n) is 8.04.